The zero-order valence-electron chi connectivity index (χ0n) is 18.1. The molecule has 0 aromatic heterocycles. The molecule has 0 radical (unpaired) electrons. The summed E-state index contributed by atoms with van der Waals surface area (Å²) in [5.41, 5.74) is 5.86. The minimum atomic E-state index is -2.18. The first-order valence-corrected chi connectivity index (χ1v) is 12.1. The Hall–Kier alpha value is -1.08. The number of carbonyl (C=O) groups is 2. The number of nitrogens with one attached hydrogen (secondary N) is 2. The van der Waals surface area contributed by atoms with Crippen molar-refractivity contribution in [2.45, 2.75) is 78.0 Å². The van der Waals surface area contributed by atoms with Crippen molar-refractivity contribution in [3.05, 3.63) is 0 Å². The zero-order valence-corrected chi connectivity index (χ0v) is 19.0. The molecular weight excluding hydrogens is 393 g/mol. The van der Waals surface area contributed by atoms with Gasteiger partial charge >= 0.3 is 8.03 Å². The van der Waals surface area contributed by atoms with Crippen LogP contribution in [0.3, 0.4) is 0 Å². The van der Waals surface area contributed by atoms with Gasteiger partial charge in [0.2, 0.25) is 11.8 Å². The molecule has 8 nitrogen and oxygen atoms in total. The van der Waals surface area contributed by atoms with Crippen LogP contribution in [0.2, 0.25) is 0 Å². The SMILES string of the molecule is CC(C)[C@H](N)C(=O)N[C@H](C(=O)NC[C@H](O)CC1CCCCC1C[P+](=O)O)C(C)C. The first kappa shape index (κ1) is 26.0. The summed E-state index contributed by atoms with van der Waals surface area (Å²) < 4.78 is 11.2. The topological polar surface area (TPSA) is 142 Å². The van der Waals surface area contributed by atoms with Crippen LogP contribution in [0.5, 0.6) is 0 Å². The van der Waals surface area contributed by atoms with Crippen LogP contribution >= 0.6 is 8.03 Å². The van der Waals surface area contributed by atoms with Gasteiger partial charge in [0.25, 0.3) is 0 Å². The van der Waals surface area contributed by atoms with Crippen LogP contribution in [-0.4, -0.2) is 52.7 Å². The van der Waals surface area contributed by atoms with Crippen molar-refractivity contribution >= 4 is 19.8 Å². The molecule has 3 unspecified atom stereocenters. The predicted octanol–water partition coefficient (Wildman–Crippen LogP) is 1.52. The van der Waals surface area contributed by atoms with Gasteiger partial charge in [0.1, 0.15) is 6.04 Å². The molecule has 1 rings (SSSR count). The fourth-order valence-electron chi connectivity index (χ4n) is 3.88. The van der Waals surface area contributed by atoms with Crippen molar-refractivity contribution in [1.82, 2.24) is 10.6 Å². The zero-order chi connectivity index (χ0) is 22.1. The summed E-state index contributed by atoms with van der Waals surface area (Å²) in [6, 6.07) is -1.41. The summed E-state index contributed by atoms with van der Waals surface area (Å²) >= 11 is 0. The van der Waals surface area contributed by atoms with Gasteiger partial charge in [0.05, 0.1) is 12.1 Å². The molecule has 168 valence electrons. The molecule has 6 atom stereocenters. The Morgan fingerprint density at radius 1 is 1.07 bits per heavy atom. The normalized spacial score (nSPS) is 23.4. The number of carbonyl (C=O) groups excluding carboxylic acids is 2. The average molecular weight is 433 g/mol. The Kier molecular flexibility index (Phi) is 11.3. The molecule has 1 aliphatic carbocycles. The van der Waals surface area contributed by atoms with Gasteiger partial charge in [-0.25, -0.2) is 0 Å². The number of hydrogen-bond acceptors (Lipinski definition) is 5. The highest BCUT2D eigenvalue weighted by Crippen LogP contribution is 2.37. The van der Waals surface area contributed by atoms with Crippen molar-refractivity contribution in [2.24, 2.45) is 29.4 Å². The van der Waals surface area contributed by atoms with Crippen molar-refractivity contribution in [3.63, 3.8) is 0 Å². The van der Waals surface area contributed by atoms with Crippen molar-refractivity contribution in [1.29, 1.82) is 0 Å². The Morgan fingerprint density at radius 3 is 2.17 bits per heavy atom. The number of nitrogens with two attached hydrogens (primary N) is 1. The molecule has 1 fully saturated rings. The summed E-state index contributed by atoms with van der Waals surface area (Å²) in [7, 11) is -2.18. The molecule has 2 amide bonds. The molecule has 0 spiro atoms. The van der Waals surface area contributed by atoms with Gasteiger partial charge in [0.15, 0.2) is 6.16 Å². The van der Waals surface area contributed by atoms with Crippen LogP contribution in [0.4, 0.5) is 0 Å². The first-order chi connectivity index (χ1) is 13.5. The van der Waals surface area contributed by atoms with Crippen LogP contribution in [0.15, 0.2) is 0 Å². The van der Waals surface area contributed by atoms with E-state index in [4.69, 9.17) is 5.73 Å². The van der Waals surface area contributed by atoms with E-state index >= 15 is 0 Å². The maximum atomic E-state index is 12.6. The number of amides is 2. The summed E-state index contributed by atoms with van der Waals surface area (Å²) in [5, 5.41) is 15.9. The first-order valence-electron chi connectivity index (χ1n) is 10.7. The second-order valence-electron chi connectivity index (χ2n) is 8.97. The van der Waals surface area contributed by atoms with Crippen molar-refractivity contribution < 1.29 is 24.2 Å². The van der Waals surface area contributed by atoms with E-state index in [1.165, 1.54) is 0 Å². The van der Waals surface area contributed by atoms with Gasteiger partial charge in [-0.05, 0) is 41.6 Å². The molecule has 0 aliphatic heterocycles. The molecule has 1 saturated carbocycles. The maximum absolute atomic E-state index is 12.6. The van der Waals surface area contributed by atoms with Crippen LogP contribution < -0.4 is 16.4 Å². The van der Waals surface area contributed by atoms with E-state index < -0.39 is 26.2 Å². The third kappa shape index (κ3) is 9.08. The van der Waals surface area contributed by atoms with E-state index in [1.54, 1.807) is 0 Å². The van der Waals surface area contributed by atoms with Gasteiger partial charge in [0, 0.05) is 12.5 Å². The summed E-state index contributed by atoms with van der Waals surface area (Å²) in [6.45, 7) is 7.45. The van der Waals surface area contributed by atoms with Crippen LogP contribution in [0.25, 0.3) is 0 Å². The quantitative estimate of drug-likeness (QED) is 0.313. The summed E-state index contributed by atoms with van der Waals surface area (Å²) in [5.74, 6) is -0.543. The maximum Gasteiger partial charge on any atom is 0.505 e. The van der Waals surface area contributed by atoms with E-state index in [-0.39, 0.29) is 48.2 Å². The molecular formula is C20H39N3O5P+. The smallest absolute Gasteiger partial charge is 0.391 e. The lowest BCUT2D eigenvalue weighted by Crippen LogP contribution is -2.55. The lowest BCUT2D eigenvalue weighted by Gasteiger charge is -2.30. The Labute approximate surface area is 175 Å². The Bertz CT molecular complexity index is 558. The Morgan fingerprint density at radius 2 is 1.66 bits per heavy atom. The highest BCUT2D eigenvalue weighted by molar-refractivity contribution is 7.38. The van der Waals surface area contributed by atoms with E-state index in [9.17, 15) is 24.2 Å². The van der Waals surface area contributed by atoms with E-state index in [0.29, 0.717) is 6.42 Å². The lowest BCUT2D eigenvalue weighted by atomic mass is 9.77. The number of rotatable bonds is 11. The fraction of sp³-hybridized carbons (Fsp3) is 0.900. The standard InChI is InChI=1S/C20H38N3O5P/c1-12(2)17(21)19(25)23-18(13(3)4)20(26)22-10-16(24)9-14-7-5-6-8-15(14)11-29(27)28/h12-18,24H,5-11,21H2,1-4H3,(H2-,22,23,25,26,27,28)/p+1/t14?,15?,16-,17+,18+/m1/s1. The molecule has 0 heterocycles. The molecule has 9 heteroatoms. The molecule has 0 saturated heterocycles. The highest BCUT2D eigenvalue weighted by Gasteiger charge is 2.33. The van der Waals surface area contributed by atoms with Crippen LogP contribution in [0.1, 0.15) is 59.8 Å². The minimum Gasteiger partial charge on any atom is -0.391 e. The van der Waals surface area contributed by atoms with Gasteiger partial charge in [-0.2, -0.15) is 4.89 Å². The van der Waals surface area contributed by atoms with Crippen LogP contribution in [-0.2, 0) is 14.2 Å². The molecule has 29 heavy (non-hydrogen) atoms. The molecule has 0 aromatic rings. The second kappa shape index (κ2) is 12.6. The number of hydrogen-bond donors (Lipinski definition) is 5. The Balaban J connectivity index is 2.56. The number of aliphatic hydroxyl groups excluding tert-OH is 1. The van der Waals surface area contributed by atoms with Gasteiger partial charge in [-0.3, -0.25) is 9.59 Å². The minimum absolute atomic E-state index is 0.0368. The highest BCUT2D eigenvalue weighted by atomic mass is 31.1. The number of aliphatic hydroxyl groups is 1. The van der Waals surface area contributed by atoms with Crippen molar-refractivity contribution in [2.75, 3.05) is 12.7 Å². The molecule has 0 bridgehead atoms. The van der Waals surface area contributed by atoms with Crippen LogP contribution in [0, 0.1) is 23.7 Å². The summed E-state index contributed by atoms with van der Waals surface area (Å²) in [6.07, 6.45) is 3.97. The molecule has 0 aromatic carbocycles. The van der Waals surface area contributed by atoms with E-state index in [2.05, 4.69) is 10.6 Å². The third-order valence-corrected chi connectivity index (χ3v) is 6.59. The molecule has 1 aliphatic rings. The second-order valence-corrected chi connectivity index (χ2v) is 10.0. The third-order valence-electron chi connectivity index (χ3n) is 5.81. The molecule has 6 N–H and O–H groups in total. The monoisotopic (exact) mass is 432 g/mol. The lowest BCUT2D eigenvalue weighted by molar-refractivity contribution is -0.131. The average Bonchev–Trinajstić information content (AvgIpc) is 2.64. The summed E-state index contributed by atoms with van der Waals surface area (Å²) in [4.78, 5) is 34.0. The fourth-order valence-corrected chi connectivity index (χ4v) is 4.77. The van der Waals surface area contributed by atoms with Gasteiger partial charge < -0.3 is 21.5 Å². The van der Waals surface area contributed by atoms with E-state index in [1.807, 2.05) is 27.7 Å². The predicted molar refractivity (Wildman–Crippen MR) is 113 cm³/mol. The van der Waals surface area contributed by atoms with E-state index in [0.717, 1.165) is 25.7 Å². The van der Waals surface area contributed by atoms with Gasteiger partial charge in [-0.15, -0.1) is 0 Å². The van der Waals surface area contributed by atoms with Crippen molar-refractivity contribution in [3.8, 4) is 0 Å². The largest absolute Gasteiger partial charge is 0.505 e. The van der Waals surface area contributed by atoms with Gasteiger partial charge in [-0.1, -0.05) is 40.5 Å².